The molecule has 0 unspecified atom stereocenters. The van der Waals surface area contributed by atoms with E-state index in [1.54, 1.807) is 0 Å². The van der Waals surface area contributed by atoms with Crippen LogP contribution in [0.2, 0.25) is 0 Å². The molecular formula is C14H22N2O7. The predicted octanol–water partition coefficient (Wildman–Crippen LogP) is -2.62. The van der Waals surface area contributed by atoms with E-state index in [1.807, 2.05) is 0 Å². The van der Waals surface area contributed by atoms with Crippen LogP contribution in [0.4, 0.5) is 0 Å². The van der Waals surface area contributed by atoms with E-state index < -0.39 is 41.6 Å². The summed E-state index contributed by atoms with van der Waals surface area (Å²) in [6.45, 7) is 3.77. The lowest BCUT2D eigenvalue weighted by atomic mass is 9.83. The van der Waals surface area contributed by atoms with E-state index in [9.17, 15) is 30.0 Å². The minimum absolute atomic E-state index is 0.0729. The fraction of sp³-hybridized carbons (Fsp3) is 0.714. The third-order valence-electron chi connectivity index (χ3n) is 4.70. The van der Waals surface area contributed by atoms with Crippen LogP contribution in [0.25, 0.3) is 0 Å². The van der Waals surface area contributed by atoms with Gasteiger partial charge in [0.25, 0.3) is 17.5 Å². The molecular weight excluding hydrogens is 308 g/mol. The molecule has 3 heterocycles. The lowest BCUT2D eigenvalue weighted by molar-refractivity contribution is -0.278. The lowest BCUT2D eigenvalue weighted by Gasteiger charge is -2.57. The third kappa shape index (κ3) is 2.05. The van der Waals surface area contributed by atoms with Crippen molar-refractivity contribution in [2.24, 2.45) is 0 Å². The van der Waals surface area contributed by atoms with Crippen molar-refractivity contribution in [2.45, 2.75) is 36.5 Å². The van der Waals surface area contributed by atoms with Crippen LogP contribution in [0.1, 0.15) is 13.3 Å². The molecule has 0 aromatic heterocycles. The minimum atomic E-state index is -2.26. The summed E-state index contributed by atoms with van der Waals surface area (Å²) in [6, 6.07) is 0. The molecule has 3 saturated heterocycles. The highest BCUT2D eigenvalue weighted by Crippen LogP contribution is 2.42. The molecule has 0 aromatic rings. The average molecular weight is 330 g/mol. The van der Waals surface area contributed by atoms with E-state index in [0.717, 1.165) is 16.7 Å². The molecule has 4 N–H and O–H groups in total. The first kappa shape index (κ1) is 17.8. The predicted molar refractivity (Wildman–Crippen MR) is 76.6 cm³/mol. The molecule has 2 amide bonds. The summed E-state index contributed by atoms with van der Waals surface area (Å²) >= 11 is 0. The fourth-order valence-corrected chi connectivity index (χ4v) is 3.00. The molecule has 3 aliphatic heterocycles. The summed E-state index contributed by atoms with van der Waals surface area (Å²) in [4.78, 5) is 27.0. The zero-order valence-corrected chi connectivity index (χ0v) is 13.3. The Hall–Kier alpha value is -1.52. The highest BCUT2D eigenvalue weighted by Gasteiger charge is 2.68. The van der Waals surface area contributed by atoms with Gasteiger partial charge in [-0.15, -0.1) is 0 Å². The van der Waals surface area contributed by atoms with Gasteiger partial charge in [0, 0.05) is 14.1 Å². The van der Waals surface area contributed by atoms with Crippen LogP contribution >= 0.6 is 0 Å². The maximum Gasteiger partial charge on any atom is 0.283 e. The average Bonchev–Trinajstić information content (AvgIpc) is 2.52. The van der Waals surface area contributed by atoms with Gasteiger partial charge in [-0.05, 0) is 18.9 Å². The lowest BCUT2D eigenvalue weighted by Crippen LogP contribution is -2.82. The van der Waals surface area contributed by atoms with Crippen molar-refractivity contribution in [1.82, 2.24) is 9.80 Å². The van der Waals surface area contributed by atoms with Crippen molar-refractivity contribution >= 4 is 11.8 Å². The summed E-state index contributed by atoms with van der Waals surface area (Å²) in [5.74, 6) is -1.85. The number of aliphatic hydroxyl groups is 4. The number of fused-ring (bicyclic) bond motifs is 5. The van der Waals surface area contributed by atoms with E-state index in [2.05, 4.69) is 6.58 Å². The van der Waals surface area contributed by atoms with Crippen molar-refractivity contribution in [1.29, 1.82) is 0 Å². The molecule has 0 radical (unpaired) electrons. The second-order valence-corrected chi connectivity index (χ2v) is 6.22. The Morgan fingerprint density at radius 1 is 1.35 bits per heavy atom. The van der Waals surface area contributed by atoms with E-state index in [1.165, 1.54) is 14.1 Å². The maximum absolute atomic E-state index is 12.8. The summed E-state index contributed by atoms with van der Waals surface area (Å²) in [5.41, 5.74) is -6.53. The summed E-state index contributed by atoms with van der Waals surface area (Å²) in [5, 5.41) is 40.7. The number of nitrogens with zero attached hydrogens (tertiary/aromatic N) is 2. The van der Waals surface area contributed by atoms with Gasteiger partial charge in [0.1, 0.15) is 11.7 Å². The van der Waals surface area contributed by atoms with E-state index in [-0.39, 0.29) is 18.6 Å². The van der Waals surface area contributed by atoms with Gasteiger partial charge in [0.05, 0.1) is 13.2 Å². The van der Waals surface area contributed by atoms with Gasteiger partial charge >= 0.3 is 0 Å². The number of carbonyl (C=O) groups is 2. The molecule has 0 spiro atoms. The molecule has 3 fully saturated rings. The summed E-state index contributed by atoms with van der Waals surface area (Å²) < 4.78 is 5.51. The van der Waals surface area contributed by atoms with Crippen LogP contribution in [0, 0.1) is 0 Å². The minimum Gasteiger partial charge on any atom is -0.393 e. The SMILES string of the molecule is C=C1CCO[C@@]2([C@@H](O)[C@@](C)(O)CO)C(=O)N(C)[C@]1(O)C(=O)N2C. The topological polar surface area (TPSA) is 131 Å². The zero-order chi connectivity index (χ0) is 17.8. The van der Waals surface area contributed by atoms with Gasteiger partial charge < -0.3 is 35.0 Å². The Morgan fingerprint density at radius 2 is 1.91 bits per heavy atom. The molecule has 0 aromatic carbocycles. The van der Waals surface area contributed by atoms with Crippen molar-refractivity contribution in [3.05, 3.63) is 12.2 Å². The van der Waals surface area contributed by atoms with E-state index in [0.29, 0.717) is 0 Å². The standard InChI is InChI=1S/C14H22N2O7/c1-8-5-6-23-14(9(18)12(2,21)7-17)11(20)15(3)13(8,22)10(19)16(14)4/h9,17-18,21-22H,1,5-7H2,2-4H3/t9-,12-,13+,14-/m0/s1. The quantitative estimate of drug-likeness (QED) is 0.417. The highest BCUT2D eigenvalue weighted by atomic mass is 16.5. The van der Waals surface area contributed by atoms with Crippen molar-refractivity contribution in [3.63, 3.8) is 0 Å². The Morgan fingerprint density at radius 3 is 2.43 bits per heavy atom. The molecule has 2 bridgehead atoms. The second-order valence-electron chi connectivity index (χ2n) is 6.22. The molecule has 0 aliphatic carbocycles. The summed E-state index contributed by atoms with van der Waals surface area (Å²) in [6.07, 6.45) is -1.87. The van der Waals surface area contributed by atoms with Crippen LogP contribution < -0.4 is 0 Å². The van der Waals surface area contributed by atoms with Crippen LogP contribution in [-0.2, 0) is 14.3 Å². The summed E-state index contributed by atoms with van der Waals surface area (Å²) in [7, 11) is 2.36. The van der Waals surface area contributed by atoms with Gasteiger partial charge in [-0.2, -0.15) is 0 Å². The molecule has 9 nitrogen and oxygen atoms in total. The molecule has 4 atom stereocenters. The van der Waals surface area contributed by atoms with Crippen molar-refractivity contribution in [2.75, 3.05) is 27.3 Å². The van der Waals surface area contributed by atoms with E-state index >= 15 is 0 Å². The monoisotopic (exact) mass is 330 g/mol. The number of aliphatic hydroxyl groups excluding tert-OH is 2. The van der Waals surface area contributed by atoms with Crippen molar-refractivity contribution < 1.29 is 34.8 Å². The van der Waals surface area contributed by atoms with Crippen LogP contribution in [0.15, 0.2) is 12.2 Å². The molecule has 9 heteroatoms. The van der Waals surface area contributed by atoms with Gasteiger partial charge in [0.15, 0.2) is 0 Å². The fourth-order valence-electron chi connectivity index (χ4n) is 3.00. The first-order valence-electron chi connectivity index (χ1n) is 7.10. The van der Waals surface area contributed by atoms with E-state index in [4.69, 9.17) is 4.74 Å². The number of amides is 2. The number of rotatable bonds is 3. The Balaban J connectivity index is 2.66. The first-order valence-corrected chi connectivity index (χ1v) is 7.10. The number of ether oxygens (including phenoxy) is 1. The van der Waals surface area contributed by atoms with Gasteiger partial charge in [-0.3, -0.25) is 9.59 Å². The number of likely N-dealkylation sites (N-methyl/N-ethyl adjacent to an activating group) is 2. The van der Waals surface area contributed by atoms with Crippen molar-refractivity contribution in [3.8, 4) is 0 Å². The molecule has 0 saturated carbocycles. The van der Waals surface area contributed by atoms with Gasteiger partial charge in [-0.1, -0.05) is 6.58 Å². The highest BCUT2D eigenvalue weighted by molar-refractivity contribution is 6.02. The molecule has 3 rings (SSSR count). The Bertz CT molecular complexity index is 563. The molecule has 3 aliphatic rings. The van der Waals surface area contributed by atoms with Crippen LogP contribution in [0.3, 0.4) is 0 Å². The zero-order valence-electron chi connectivity index (χ0n) is 13.3. The molecule has 130 valence electrons. The number of carbonyl (C=O) groups excluding carboxylic acids is 2. The Labute approximate surface area is 133 Å². The van der Waals surface area contributed by atoms with Gasteiger partial charge in [-0.25, -0.2) is 0 Å². The first-order chi connectivity index (χ1) is 10.5. The Kier molecular flexibility index (Phi) is 4.07. The number of piperazine rings is 1. The molecule has 23 heavy (non-hydrogen) atoms. The normalized spacial score (nSPS) is 35.9. The third-order valence-corrected chi connectivity index (χ3v) is 4.70. The van der Waals surface area contributed by atoms with Crippen LogP contribution in [0.5, 0.6) is 0 Å². The van der Waals surface area contributed by atoms with Gasteiger partial charge in [0.2, 0.25) is 5.72 Å². The second kappa shape index (κ2) is 5.25. The largest absolute Gasteiger partial charge is 0.393 e. The maximum atomic E-state index is 12.8. The number of hydrogen-bond acceptors (Lipinski definition) is 7. The van der Waals surface area contributed by atoms with Crippen LogP contribution in [-0.4, -0.2) is 92.5 Å². The smallest absolute Gasteiger partial charge is 0.283 e. The number of hydrogen-bond donors (Lipinski definition) is 4.